The summed E-state index contributed by atoms with van der Waals surface area (Å²) in [5.41, 5.74) is 8.22. The van der Waals surface area contributed by atoms with E-state index >= 15 is 0 Å². The topological polar surface area (TPSA) is 78.1 Å². The zero-order chi connectivity index (χ0) is 21.5. The molecule has 0 bridgehead atoms. The molecule has 6 heteroatoms. The van der Waals surface area contributed by atoms with E-state index in [4.69, 9.17) is 10.5 Å². The number of nitrogens with two attached hydrogens (primary N) is 1. The molecule has 4 aliphatic carbocycles. The van der Waals surface area contributed by atoms with Crippen LogP contribution in [0.2, 0.25) is 0 Å². The Morgan fingerprint density at radius 3 is 2.74 bits per heavy atom. The SMILES string of the molecule is CC(=O)O[C@H]1CCC2C3CC[C@H]4Cc5c(sc6ncnc(N)c56)C[C@]4(C)C3CC[C@@]21C. The maximum absolute atomic E-state index is 11.7. The Bertz CT molecular complexity index is 1070. The summed E-state index contributed by atoms with van der Waals surface area (Å²) in [6.07, 6.45) is 11.3. The molecule has 2 heterocycles. The molecule has 166 valence electrons. The largest absolute Gasteiger partial charge is 0.462 e. The molecule has 0 saturated heterocycles. The Morgan fingerprint density at radius 2 is 1.94 bits per heavy atom. The smallest absolute Gasteiger partial charge is 0.302 e. The van der Waals surface area contributed by atoms with Crippen molar-refractivity contribution < 1.29 is 9.53 Å². The summed E-state index contributed by atoms with van der Waals surface area (Å²) in [5, 5.41) is 1.13. The highest BCUT2D eigenvalue weighted by Crippen LogP contribution is 2.66. The molecule has 0 aromatic carbocycles. The number of rotatable bonds is 1. The van der Waals surface area contributed by atoms with Crippen molar-refractivity contribution in [3.8, 4) is 0 Å². The lowest BCUT2D eigenvalue weighted by Gasteiger charge is -2.60. The second-order valence-electron chi connectivity index (χ2n) is 11.2. The van der Waals surface area contributed by atoms with Crippen LogP contribution in [-0.4, -0.2) is 22.0 Å². The summed E-state index contributed by atoms with van der Waals surface area (Å²) >= 11 is 1.84. The fraction of sp³-hybridized carbons (Fsp3) is 0.720. The third-order valence-corrected chi connectivity index (χ3v) is 11.1. The molecular weight excluding hydrogens is 406 g/mol. The summed E-state index contributed by atoms with van der Waals surface area (Å²) < 4.78 is 5.82. The van der Waals surface area contributed by atoms with Crippen LogP contribution < -0.4 is 5.73 Å². The van der Waals surface area contributed by atoms with E-state index < -0.39 is 0 Å². The van der Waals surface area contributed by atoms with Crippen molar-refractivity contribution in [3.05, 3.63) is 16.8 Å². The van der Waals surface area contributed by atoms with Gasteiger partial charge in [-0.05, 0) is 86.0 Å². The quantitative estimate of drug-likeness (QED) is 0.621. The van der Waals surface area contributed by atoms with Gasteiger partial charge in [-0.3, -0.25) is 4.79 Å². The van der Waals surface area contributed by atoms with Crippen molar-refractivity contribution in [2.24, 2.45) is 34.5 Å². The van der Waals surface area contributed by atoms with E-state index in [2.05, 4.69) is 23.8 Å². The Kier molecular flexibility index (Phi) is 4.29. The molecule has 3 saturated carbocycles. The third kappa shape index (κ3) is 2.69. The molecule has 7 atom stereocenters. The Morgan fingerprint density at radius 1 is 1.13 bits per heavy atom. The molecular formula is C25H33N3O2S. The van der Waals surface area contributed by atoms with Crippen molar-refractivity contribution in [1.82, 2.24) is 9.97 Å². The highest BCUT2D eigenvalue weighted by Gasteiger charge is 2.61. The van der Waals surface area contributed by atoms with E-state index in [1.807, 2.05) is 11.3 Å². The van der Waals surface area contributed by atoms with Gasteiger partial charge in [0.25, 0.3) is 0 Å². The number of hydrogen-bond acceptors (Lipinski definition) is 6. The number of thiophene rings is 1. The first-order valence-electron chi connectivity index (χ1n) is 12.0. The molecule has 0 spiro atoms. The van der Waals surface area contributed by atoms with E-state index in [-0.39, 0.29) is 17.5 Å². The molecule has 4 aliphatic rings. The Hall–Kier alpha value is -1.69. The van der Waals surface area contributed by atoms with Crippen molar-refractivity contribution in [1.29, 1.82) is 0 Å². The minimum Gasteiger partial charge on any atom is -0.462 e. The van der Waals surface area contributed by atoms with Gasteiger partial charge >= 0.3 is 5.97 Å². The van der Waals surface area contributed by atoms with Crippen molar-refractivity contribution in [2.45, 2.75) is 78.2 Å². The lowest BCUT2D eigenvalue weighted by molar-refractivity contribution is -0.160. The zero-order valence-electron chi connectivity index (χ0n) is 18.8. The summed E-state index contributed by atoms with van der Waals surface area (Å²) in [6, 6.07) is 0. The second kappa shape index (κ2) is 6.66. The van der Waals surface area contributed by atoms with Crippen molar-refractivity contribution in [2.75, 3.05) is 5.73 Å². The molecule has 3 unspecified atom stereocenters. The average molecular weight is 440 g/mol. The van der Waals surface area contributed by atoms with Crippen LogP contribution in [-0.2, 0) is 22.4 Å². The Labute approximate surface area is 188 Å². The van der Waals surface area contributed by atoms with Crippen molar-refractivity contribution >= 4 is 33.3 Å². The minimum atomic E-state index is -0.114. The van der Waals surface area contributed by atoms with Gasteiger partial charge in [0.05, 0.1) is 5.39 Å². The van der Waals surface area contributed by atoms with E-state index in [0.29, 0.717) is 23.1 Å². The van der Waals surface area contributed by atoms with Crippen LogP contribution in [0.5, 0.6) is 0 Å². The molecule has 5 nitrogen and oxygen atoms in total. The van der Waals surface area contributed by atoms with Crippen LogP contribution in [0.4, 0.5) is 5.82 Å². The summed E-state index contributed by atoms with van der Waals surface area (Å²) in [7, 11) is 0. The van der Waals surface area contributed by atoms with Crippen molar-refractivity contribution in [3.63, 3.8) is 0 Å². The molecule has 2 aromatic heterocycles. The second-order valence-corrected chi connectivity index (χ2v) is 12.3. The highest BCUT2D eigenvalue weighted by molar-refractivity contribution is 7.19. The minimum absolute atomic E-state index is 0.114. The van der Waals surface area contributed by atoms with Gasteiger partial charge in [0.1, 0.15) is 23.1 Å². The summed E-state index contributed by atoms with van der Waals surface area (Å²) in [5.74, 6) is 3.48. The third-order valence-electron chi connectivity index (χ3n) is 9.98. The van der Waals surface area contributed by atoms with Gasteiger partial charge in [-0.2, -0.15) is 0 Å². The van der Waals surface area contributed by atoms with Crippen LogP contribution in [0.3, 0.4) is 0 Å². The van der Waals surface area contributed by atoms with Crippen LogP contribution in [0.15, 0.2) is 6.33 Å². The van der Waals surface area contributed by atoms with E-state index in [0.717, 1.165) is 41.3 Å². The number of nitrogen functional groups attached to an aromatic ring is 1. The zero-order valence-corrected chi connectivity index (χ0v) is 19.6. The van der Waals surface area contributed by atoms with Gasteiger partial charge in [-0.15, -0.1) is 11.3 Å². The number of aromatic nitrogens is 2. The number of anilines is 1. The van der Waals surface area contributed by atoms with Crippen LogP contribution in [0.25, 0.3) is 10.2 Å². The summed E-state index contributed by atoms with van der Waals surface area (Å²) in [6.45, 7) is 6.56. The van der Waals surface area contributed by atoms with Crippen LogP contribution in [0.1, 0.15) is 69.7 Å². The number of hydrogen-bond donors (Lipinski definition) is 1. The molecule has 0 amide bonds. The standard InChI is InChI=1S/C25H33N3O2S/c1-13(29)30-20-7-6-17-15-5-4-14-10-16-19(31-23-21(16)22(26)27-12-28-23)11-25(14,3)18(15)8-9-24(17,20)2/h12,14-15,17-18,20H,4-11H2,1-3H3,(H2,26,27,28)/t14-,15?,17?,18?,20-,24-,25-/m0/s1. The number of carbonyl (C=O) groups is 1. The number of nitrogens with zero attached hydrogens (tertiary/aromatic N) is 2. The maximum atomic E-state index is 11.7. The van der Waals surface area contributed by atoms with Gasteiger partial charge in [0, 0.05) is 17.2 Å². The van der Waals surface area contributed by atoms with E-state index in [1.165, 1.54) is 42.5 Å². The van der Waals surface area contributed by atoms with E-state index in [1.54, 1.807) is 13.3 Å². The first-order chi connectivity index (χ1) is 14.8. The van der Waals surface area contributed by atoms with E-state index in [9.17, 15) is 4.79 Å². The number of ether oxygens (including phenoxy) is 1. The molecule has 2 N–H and O–H groups in total. The number of carbonyl (C=O) groups excluding carboxylic acids is 1. The van der Waals surface area contributed by atoms with Crippen LogP contribution in [0, 0.1) is 34.5 Å². The molecule has 2 aromatic rings. The number of esters is 1. The lowest BCUT2D eigenvalue weighted by atomic mass is 9.45. The van der Waals surface area contributed by atoms with Gasteiger partial charge in [-0.1, -0.05) is 13.8 Å². The Balaban J connectivity index is 1.34. The summed E-state index contributed by atoms with van der Waals surface area (Å²) in [4.78, 5) is 23.1. The van der Waals surface area contributed by atoms with Gasteiger partial charge < -0.3 is 10.5 Å². The highest BCUT2D eigenvalue weighted by atomic mass is 32.1. The average Bonchev–Trinajstić information content (AvgIpc) is 3.23. The monoisotopic (exact) mass is 439 g/mol. The fourth-order valence-electron chi connectivity index (χ4n) is 8.50. The lowest BCUT2D eigenvalue weighted by Crippen LogP contribution is -2.54. The maximum Gasteiger partial charge on any atom is 0.302 e. The molecule has 0 radical (unpaired) electrons. The normalized spacial score (nSPS) is 41.2. The molecule has 3 fully saturated rings. The number of fused-ring (bicyclic) bond motifs is 8. The predicted octanol–water partition coefficient (Wildman–Crippen LogP) is 5.16. The first kappa shape index (κ1) is 20.0. The van der Waals surface area contributed by atoms with Gasteiger partial charge in [-0.25, -0.2) is 9.97 Å². The molecule has 6 rings (SSSR count). The first-order valence-corrected chi connectivity index (χ1v) is 12.8. The van der Waals surface area contributed by atoms with Gasteiger partial charge in [0.2, 0.25) is 0 Å². The predicted molar refractivity (Wildman–Crippen MR) is 123 cm³/mol. The van der Waals surface area contributed by atoms with Gasteiger partial charge in [0.15, 0.2) is 0 Å². The molecule has 31 heavy (non-hydrogen) atoms. The fourth-order valence-corrected chi connectivity index (χ4v) is 9.86. The molecule has 0 aliphatic heterocycles. The van der Waals surface area contributed by atoms with Crippen LogP contribution >= 0.6 is 11.3 Å².